The molecule has 1 aromatic heterocycles. The molecule has 0 fully saturated rings. The molecular weight excluding hydrogens is 206 g/mol. The summed E-state index contributed by atoms with van der Waals surface area (Å²) in [6.45, 7) is 0.526. The Morgan fingerprint density at radius 2 is 2.25 bits per heavy atom. The third-order valence-electron chi connectivity index (χ3n) is 2.13. The van der Waals surface area contributed by atoms with E-state index >= 15 is 0 Å². The maximum atomic E-state index is 5.62. The molecule has 1 heterocycles. The number of aromatic amines is 1. The molecule has 2 aromatic rings. The molecular formula is C10H13N5O. The highest BCUT2D eigenvalue weighted by Gasteiger charge is 2.02. The number of benzene rings is 1. The average molecular weight is 219 g/mol. The minimum atomic E-state index is 0.526. The molecule has 2 rings (SSSR count). The Morgan fingerprint density at radius 3 is 3.00 bits per heavy atom. The number of para-hydroxylation sites is 2. The first-order valence-electron chi connectivity index (χ1n) is 5.02. The Balaban J connectivity index is 1.89. The highest BCUT2D eigenvalue weighted by atomic mass is 16.5. The van der Waals surface area contributed by atoms with E-state index in [9.17, 15) is 0 Å². The van der Waals surface area contributed by atoms with Crippen LogP contribution in [0.5, 0.6) is 5.75 Å². The minimum Gasteiger partial charge on any atom is -0.491 e. The van der Waals surface area contributed by atoms with Gasteiger partial charge in [-0.1, -0.05) is 17.3 Å². The van der Waals surface area contributed by atoms with Crippen molar-refractivity contribution in [3.63, 3.8) is 0 Å². The van der Waals surface area contributed by atoms with E-state index in [1.807, 2.05) is 31.3 Å². The van der Waals surface area contributed by atoms with Crippen LogP contribution in [0.25, 0.3) is 0 Å². The van der Waals surface area contributed by atoms with Gasteiger partial charge >= 0.3 is 0 Å². The van der Waals surface area contributed by atoms with Crippen molar-refractivity contribution in [2.75, 3.05) is 19.0 Å². The zero-order valence-corrected chi connectivity index (χ0v) is 8.97. The molecule has 0 saturated carbocycles. The normalized spacial score (nSPS) is 10.1. The highest BCUT2D eigenvalue weighted by Crippen LogP contribution is 2.22. The van der Waals surface area contributed by atoms with Crippen molar-refractivity contribution in [2.24, 2.45) is 0 Å². The zero-order chi connectivity index (χ0) is 11.2. The van der Waals surface area contributed by atoms with Gasteiger partial charge in [0, 0.05) is 13.5 Å². The monoisotopic (exact) mass is 219 g/mol. The van der Waals surface area contributed by atoms with Crippen LogP contribution in [0.2, 0.25) is 0 Å². The fourth-order valence-electron chi connectivity index (χ4n) is 1.34. The summed E-state index contributed by atoms with van der Waals surface area (Å²) in [5.74, 6) is 1.48. The number of nitrogens with zero attached hydrogens (tertiary/aromatic N) is 3. The molecule has 0 unspecified atom stereocenters. The maximum Gasteiger partial charge on any atom is 0.177 e. The summed E-state index contributed by atoms with van der Waals surface area (Å²) in [5.41, 5.74) is 0.968. The first-order chi connectivity index (χ1) is 7.90. The molecule has 0 atom stereocenters. The summed E-state index contributed by atoms with van der Waals surface area (Å²) in [4.78, 5) is 0. The standard InChI is InChI=1S/C10H13N5O/c1-11-8-4-2-3-5-9(8)16-7-6-10-12-14-15-13-10/h2-5,11H,6-7H2,1H3,(H,12,13,14,15). The van der Waals surface area contributed by atoms with E-state index in [1.54, 1.807) is 0 Å². The summed E-state index contributed by atoms with van der Waals surface area (Å²) in [6, 6.07) is 7.77. The van der Waals surface area contributed by atoms with Crippen LogP contribution < -0.4 is 10.1 Å². The number of hydrogen-bond donors (Lipinski definition) is 2. The van der Waals surface area contributed by atoms with Crippen LogP contribution in [0.1, 0.15) is 5.82 Å². The number of anilines is 1. The lowest BCUT2D eigenvalue weighted by molar-refractivity contribution is 0.320. The zero-order valence-electron chi connectivity index (χ0n) is 8.97. The van der Waals surface area contributed by atoms with E-state index in [0.29, 0.717) is 18.9 Å². The topological polar surface area (TPSA) is 75.7 Å². The van der Waals surface area contributed by atoms with Gasteiger partial charge in [-0.3, -0.25) is 0 Å². The molecule has 0 aliphatic heterocycles. The first-order valence-corrected chi connectivity index (χ1v) is 5.02. The Kier molecular flexibility index (Phi) is 3.32. The van der Waals surface area contributed by atoms with Gasteiger partial charge in [0.25, 0.3) is 0 Å². The Labute approximate surface area is 93.0 Å². The Bertz CT molecular complexity index is 429. The quantitative estimate of drug-likeness (QED) is 0.780. The number of nitrogens with one attached hydrogen (secondary N) is 2. The van der Waals surface area contributed by atoms with Crippen molar-refractivity contribution in [1.29, 1.82) is 0 Å². The molecule has 6 nitrogen and oxygen atoms in total. The number of ether oxygens (including phenoxy) is 1. The van der Waals surface area contributed by atoms with Gasteiger partial charge in [-0.25, -0.2) is 0 Å². The summed E-state index contributed by atoms with van der Waals surface area (Å²) in [5, 5.41) is 16.6. The predicted octanol–water partition coefficient (Wildman–Crippen LogP) is 0.863. The van der Waals surface area contributed by atoms with Gasteiger partial charge < -0.3 is 10.1 Å². The van der Waals surface area contributed by atoms with Crippen LogP contribution in [0.3, 0.4) is 0 Å². The lowest BCUT2D eigenvalue weighted by Gasteiger charge is -2.09. The second-order valence-corrected chi connectivity index (χ2v) is 3.17. The Morgan fingerprint density at radius 1 is 1.38 bits per heavy atom. The van der Waals surface area contributed by atoms with E-state index in [-0.39, 0.29) is 0 Å². The summed E-state index contributed by atoms with van der Waals surface area (Å²) in [7, 11) is 1.86. The average Bonchev–Trinajstić information content (AvgIpc) is 2.83. The number of tetrazole rings is 1. The number of rotatable bonds is 5. The molecule has 2 N–H and O–H groups in total. The SMILES string of the molecule is CNc1ccccc1OCCc1nn[nH]n1. The number of aromatic nitrogens is 4. The van der Waals surface area contributed by atoms with Crippen LogP contribution in [0.15, 0.2) is 24.3 Å². The third-order valence-corrected chi connectivity index (χ3v) is 2.13. The molecule has 0 aliphatic rings. The smallest absolute Gasteiger partial charge is 0.177 e. The van der Waals surface area contributed by atoms with E-state index in [2.05, 4.69) is 25.9 Å². The van der Waals surface area contributed by atoms with Crippen molar-refractivity contribution in [1.82, 2.24) is 20.6 Å². The van der Waals surface area contributed by atoms with Crippen LogP contribution in [-0.2, 0) is 6.42 Å². The van der Waals surface area contributed by atoms with Crippen LogP contribution in [0, 0.1) is 0 Å². The van der Waals surface area contributed by atoms with Gasteiger partial charge in [-0.15, -0.1) is 10.2 Å². The van der Waals surface area contributed by atoms with Crippen molar-refractivity contribution in [3.8, 4) is 5.75 Å². The number of H-pyrrole nitrogens is 1. The molecule has 0 radical (unpaired) electrons. The first kappa shape index (κ1) is 10.4. The molecule has 0 amide bonds. The van der Waals surface area contributed by atoms with Crippen LogP contribution in [-0.4, -0.2) is 34.3 Å². The van der Waals surface area contributed by atoms with Gasteiger partial charge in [-0.2, -0.15) is 5.21 Å². The fourth-order valence-corrected chi connectivity index (χ4v) is 1.34. The molecule has 0 aliphatic carbocycles. The second-order valence-electron chi connectivity index (χ2n) is 3.17. The molecule has 1 aromatic carbocycles. The van der Waals surface area contributed by atoms with Gasteiger partial charge in [-0.05, 0) is 12.1 Å². The van der Waals surface area contributed by atoms with Crippen LogP contribution >= 0.6 is 0 Å². The molecule has 84 valence electrons. The van der Waals surface area contributed by atoms with Crippen molar-refractivity contribution in [2.45, 2.75) is 6.42 Å². The van der Waals surface area contributed by atoms with Gasteiger partial charge in [0.15, 0.2) is 5.82 Å². The molecule has 6 heteroatoms. The summed E-state index contributed by atoms with van der Waals surface area (Å²) < 4.78 is 5.62. The van der Waals surface area contributed by atoms with Crippen molar-refractivity contribution >= 4 is 5.69 Å². The van der Waals surface area contributed by atoms with Crippen molar-refractivity contribution < 1.29 is 4.74 Å². The molecule has 0 saturated heterocycles. The van der Waals surface area contributed by atoms with E-state index in [0.717, 1.165) is 11.4 Å². The minimum absolute atomic E-state index is 0.526. The third kappa shape index (κ3) is 2.47. The lowest BCUT2D eigenvalue weighted by atomic mass is 10.3. The Hall–Kier alpha value is -2.11. The van der Waals surface area contributed by atoms with Gasteiger partial charge in [0.2, 0.25) is 0 Å². The predicted molar refractivity (Wildman–Crippen MR) is 59.4 cm³/mol. The highest BCUT2D eigenvalue weighted by molar-refractivity contribution is 5.55. The van der Waals surface area contributed by atoms with E-state index in [1.165, 1.54) is 0 Å². The summed E-state index contributed by atoms with van der Waals surface area (Å²) in [6.07, 6.45) is 0.633. The molecule has 16 heavy (non-hydrogen) atoms. The largest absolute Gasteiger partial charge is 0.491 e. The molecule has 0 spiro atoms. The fraction of sp³-hybridized carbons (Fsp3) is 0.300. The summed E-state index contributed by atoms with van der Waals surface area (Å²) >= 11 is 0. The van der Waals surface area contributed by atoms with Gasteiger partial charge in [0.1, 0.15) is 5.75 Å². The molecule has 0 bridgehead atoms. The van der Waals surface area contributed by atoms with Gasteiger partial charge in [0.05, 0.1) is 12.3 Å². The van der Waals surface area contributed by atoms with E-state index in [4.69, 9.17) is 4.74 Å². The van der Waals surface area contributed by atoms with Crippen molar-refractivity contribution in [3.05, 3.63) is 30.1 Å². The van der Waals surface area contributed by atoms with E-state index < -0.39 is 0 Å². The lowest BCUT2D eigenvalue weighted by Crippen LogP contribution is -2.04. The maximum absolute atomic E-state index is 5.62. The number of hydrogen-bond acceptors (Lipinski definition) is 5. The van der Waals surface area contributed by atoms with Crippen LogP contribution in [0.4, 0.5) is 5.69 Å². The second kappa shape index (κ2) is 5.11.